The molecule has 9 nitrogen and oxygen atoms in total. The first-order valence-electron chi connectivity index (χ1n) is 10.8. The van der Waals surface area contributed by atoms with Crippen molar-refractivity contribution in [3.63, 3.8) is 0 Å². The molecule has 0 aromatic carbocycles. The van der Waals surface area contributed by atoms with E-state index >= 15 is 0 Å². The Hall–Kier alpha value is -2.03. The Balaban J connectivity index is 1.83. The second kappa shape index (κ2) is 12.5. The number of amides is 2. The molecular weight excluding hydrogens is 374 g/mol. The summed E-state index contributed by atoms with van der Waals surface area (Å²) < 4.78 is 10.9. The number of likely N-dealkylation sites (N-methyl/N-ethyl adjacent to an activating group) is 1. The van der Waals surface area contributed by atoms with Crippen molar-refractivity contribution < 1.29 is 19.1 Å². The average molecular weight is 412 g/mol. The van der Waals surface area contributed by atoms with E-state index < -0.39 is 0 Å². The highest BCUT2D eigenvalue weighted by molar-refractivity contribution is 5.85. The molecule has 29 heavy (non-hydrogen) atoms. The lowest BCUT2D eigenvalue weighted by Gasteiger charge is -2.32. The molecule has 1 unspecified atom stereocenters. The van der Waals surface area contributed by atoms with Crippen molar-refractivity contribution in [1.82, 2.24) is 20.4 Å². The van der Waals surface area contributed by atoms with Gasteiger partial charge in [0.1, 0.15) is 6.54 Å². The lowest BCUT2D eigenvalue weighted by molar-refractivity contribution is -0.127. The third kappa shape index (κ3) is 8.47. The number of ether oxygens (including phenoxy) is 2. The van der Waals surface area contributed by atoms with Crippen LogP contribution in [-0.2, 0) is 14.3 Å². The number of nitrogens with one attached hydrogen (secondary N) is 2. The van der Waals surface area contributed by atoms with Crippen molar-refractivity contribution in [2.75, 3.05) is 53.5 Å². The number of nitrogens with zero attached hydrogens (tertiary/aromatic N) is 3. The standard InChI is InChI=1S/C20H37N5O4/c1-4-28-20(27)25-12-9-16(10-13-25)23-19(22-15-18(26)24(2)3)21-11-8-17-7-5-6-14-29-17/h16-17H,4-15H2,1-3H3,(H2,21,22,23). The SMILES string of the molecule is CCOC(=O)N1CCC(NC(=NCC(=O)N(C)C)NCCC2CCCCO2)CC1. The molecule has 0 aromatic rings. The zero-order valence-electron chi connectivity index (χ0n) is 18.1. The molecule has 2 heterocycles. The fourth-order valence-electron chi connectivity index (χ4n) is 3.44. The summed E-state index contributed by atoms with van der Waals surface area (Å²) in [6.07, 6.45) is 6.07. The molecule has 1 atom stereocenters. The summed E-state index contributed by atoms with van der Waals surface area (Å²) in [7, 11) is 3.45. The molecule has 0 bridgehead atoms. The molecule has 9 heteroatoms. The Labute approximate surface area is 174 Å². The first-order valence-corrected chi connectivity index (χ1v) is 10.8. The summed E-state index contributed by atoms with van der Waals surface area (Å²) in [4.78, 5) is 31.5. The Kier molecular flexibility index (Phi) is 10.0. The first kappa shape index (κ1) is 23.3. The molecule has 0 aliphatic carbocycles. The minimum Gasteiger partial charge on any atom is -0.450 e. The maximum absolute atomic E-state index is 11.9. The molecule has 2 N–H and O–H groups in total. The molecule has 2 saturated heterocycles. The Morgan fingerprint density at radius 3 is 2.59 bits per heavy atom. The van der Waals surface area contributed by atoms with Gasteiger partial charge in [-0.2, -0.15) is 0 Å². The Morgan fingerprint density at radius 1 is 1.21 bits per heavy atom. The van der Waals surface area contributed by atoms with Gasteiger partial charge in [-0.1, -0.05) is 0 Å². The molecule has 0 saturated carbocycles. The maximum atomic E-state index is 11.9. The number of aliphatic imine (C=N–C) groups is 1. The van der Waals surface area contributed by atoms with Crippen LogP contribution >= 0.6 is 0 Å². The molecule has 2 fully saturated rings. The minimum atomic E-state index is -0.248. The zero-order chi connectivity index (χ0) is 21.1. The summed E-state index contributed by atoms with van der Waals surface area (Å²) in [5, 5.41) is 6.77. The fourth-order valence-corrected chi connectivity index (χ4v) is 3.44. The van der Waals surface area contributed by atoms with E-state index in [4.69, 9.17) is 9.47 Å². The molecule has 166 valence electrons. The third-order valence-electron chi connectivity index (χ3n) is 5.27. The van der Waals surface area contributed by atoms with Crippen LogP contribution in [0.5, 0.6) is 0 Å². The molecule has 0 radical (unpaired) electrons. The van der Waals surface area contributed by atoms with E-state index in [1.807, 2.05) is 6.92 Å². The first-order chi connectivity index (χ1) is 14.0. The smallest absolute Gasteiger partial charge is 0.409 e. The van der Waals surface area contributed by atoms with Crippen LogP contribution < -0.4 is 10.6 Å². The zero-order valence-corrected chi connectivity index (χ0v) is 18.1. The van der Waals surface area contributed by atoms with Gasteiger partial charge in [-0.3, -0.25) is 4.79 Å². The topological polar surface area (TPSA) is 95.5 Å². The van der Waals surface area contributed by atoms with Crippen LogP contribution in [0.4, 0.5) is 4.79 Å². The van der Waals surface area contributed by atoms with Gasteiger partial charge in [-0.05, 0) is 45.4 Å². The Bertz CT molecular complexity index is 541. The van der Waals surface area contributed by atoms with Crippen LogP contribution in [-0.4, -0.2) is 93.4 Å². The molecule has 0 spiro atoms. The monoisotopic (exact) mass is 411 g/mol. The van der Waals surface area contributed by atoms with Crippen molar-refractivity contribution in [2.24, 2.45) is 4.99 Å². The van der Waals surface area contributed by atoms with Crippen molar-refractivity contribution in [3.8, 4) is 0 Å². The minimum absolute atomic E-state index is 0.0427. The summed E-state index contributed by atoms with van der Waals surface area (Å²) in [6, 6.07) is 0.201. The molecule has 2 rings (SSSR count). The second-order valence-electron chi connectivity index (χ2n) is 7.76. The summed E-state index contributed by atoms with van der Waals surface area (Å²) in [5.74, 6) is 0.601. The van der Waals surface area contributed by atoms with Gasteiger partial charge in [0.05, 0.1) is 12.7 Å². The molecule has 2 amide bonds. The predicted octanol–water partition coefficient (Wildman–Crippen LogP) is 1.19. The van der Waals surface area contributed by atoms with Gasteiger partial charge in [0, 0.05) is 46.4 Å². The Morgan fingerprint density at radius 2 is 1.97 bits per heavy atom. The van der Waals surface area contributed by atoms with Crippen molar-refractivity contribution in [1.29, 1.82) is 0 Å². The molecular formula is C20H37N5O4. The number of piperidine rings is 1. The van der Waals surface area contributed by atoms with Crippen LogP contribution in [0.1, 0.15) is 45.4 Å². The maximum Gasteiger partial charge on any atom is 0.409 e. The highest BCUT2D eigenvalue weighted by Crippen LogP contribution is 2.15. The number of likely N-dealkylation sites (tertiary alicyclic amines) is 1. The molecule has 2 aliphatic rings. The second-order valence-corrected chi connectivity index (χ2v) is 7.76. The fraction of sp³-hybridized carbons (Fsp3) is 0.850. The van der Waals surface area contributed by atoms with E-state index in [0.717, 1.165) is 45.3 Å². The van der Waals surface area contributed by atoms with E-state index in [-0.39, 0.29) is 24.6 Å². The largest absolute Gasteiger partial charge is 0.450 e. The molecule has 2 aliphatic heterocycles. The van der Waals surface area contributed by atoms with Crippen LogP contribution in [0.15, 0.2) is 4.99 Å². The van der Waals surface area contributed by atoms with Gasteiger partial charge in [0.2, 0.25) is 5.91 Å². The van der Waals surface area contributed by atoms with Gasteiger partial charge in [-0.25, -0.2) is 9.79 Å². The number of carbonyl (C=O) groups is 2. The van der Waals surface area contributed by atoms with E-state index in [2.05, 4.69) is 15.6 Å². The van der Waals surface area contributed by atoms with E-state index in [9.17, 15) is 9.59 Å². The number of guanidine groups is 1. The van der Waals surface area contributed by atoms with Gasteiger partial charge >= 0.3 is 6.09 Å². The van der Waals surface area contributed by atoms with Gasteiger partial charge in [-0.15, -0.1) is 0 Å². The predicted molar refractivity (Wildman–Crippen MR) is 112 cm³/mol. The number of rotatable bonds is 7. The van der Waals surface area contributed by atoms with Crippen molar-refractivity contribution in [3.05, 3.63) is 0 Å². The number of hydrogen-bond acceptors (Lipinski definition) is 5. The highest BCUT2D eigenvalue weighted by Gasteiger charge is 2.24. The van der Waals surface area contributed by atoms with E-state index in [1.54, 1.807) is 19.0 Å². The van der Waals surface area contributed by atoms with Gasteiger partial charge in [0.15, 0.2) is 5.96 Å². The van der Waals surface area contributed by atoms with Crippen molar-refractivity contribution >= 4 is 18.0 Å². The summed E-state index contributed by atoms with van der Waals surface area (Å²) in [6.45, 7) is 5.20. The normalized spacial score (nSPS) is 20.9. The average Bonchev–Trinajstić information content (AvgIpc) is 2.73. The lowest BCUT2D eigenvalue weighted by Crippen LogP contribution is -2.50. The highest BCUT2D eigenvalue weighted by atomic mass is 16.6. The van der Waals surface area contributed by atoms with Gasteiger partial charge < -0.3 is 29.9 Å². The lowest BCUT2D eigenvalue weighted by atomic mass is 10.1. The van der Waals surface area contributed by atoms with Crippen LogP contribution in [0.2, 0.25) is 0 Å². The summed E-state index contributed by atoms with van der Waals surface area (Å²) >= 11 is 0. The van der Waals surface area contributed by atoms with Crippen LogP contribution in [0.25, 0.3) is 0 Å². The molecule has 0 aromatic heterocycles. The number of hydrogen-bond donors (Lipinski definition) is 2. The van der Waals surface area contributed by atoms with Gasteiger partial charge in [0.25, 0.3) is 0 Å². The quantitative estimate of drug-likeness (QED) is 0.483. The summed E-state index contributed by atoms with van der Waals surface area (Å²) in [5.41, 5.74) is 0. The number of carbonyl (C=O) groups excluding carboxylic acids is 2. The van der Waals surface area contributed by atoms with Crippen LogP contribution in [0.3, 0.4) is 0 Å². The third-order valence-corrected chi connectivity index (χ3v) is 5.27. The van der Waals surface area contributed by atoms with Crippen molar-refractivity contribution in [2.45, 2.75) is 57.6 Å². The van der Waals surface area contributed by atoms with Crippen LogP contribution in [0, 0.1) is 0 Å². The van der Waals surface area contributed by atoms with E-state index in [0.29, 0.717) is 31.8 Å². The van der Waals surface area contributed by atoms with E-state index in [1.165, 1.54) is 11.3 Å².